The molecule has 0 bridgehead atoms. The Labute approximate surface area is 134 Å². The lowest BCUT2D eigenvalue weighted by atomic mass is 9.96. The Morgan fingerprint density at radius 2 is 2.17 bits per heavy atom. The predicted octanol–water partition coefficient (Wildman–Crippen LogP) is 1.18. The zero-order valence-corrected chi connectivity index (χ0v) is 12.9. The van der Waals surface area contributed by atoms with Crippen molar-refractivity contribution in [2.75, 3.05) is 18.8 Å². The van der Waals surface area contributed by atoms with Crippen molar-refractivity contribution in [2.45, 2.75) is 25.9 Å². The highest BCUT2D eigenvalue weighted by atomic mass is 16.4. The summed E-state index contributed by atoms with van der Waals surface area (Å²) in [4.78, 5) is 14.6. The van der Waals surface area contributed by atoms with Crippen LogP contribution in [0.15, 0.2) is 34.7 Å². The monoisotopic (exact) mass is 315 g/mol. The quantitative estimate of drug-likeness (QED) is 0.860. The molecule has 0 saturated carbocycles. The second-order valence-corrected chi connectivity index (χ2v) is 5.81. The van der Waals surface area contributed by atoms with Crippen molar-refractivity contribution < 1.29 is 9.21 Å². The lowest BCUT2D eigenvalue weighted by molar-refractivity contribution is -0.127. The smallest absolute Gasteiger partial charge is 0.312 e. The molecule has 1 aromatic carbocycles. The molecule has 1 aliphatic heterocycles. The van der Waals surface area contributed by atoms with Crippen LogP contribution in [0.5, 0.6) is 0 Å². The van der Waals surface area contributed by atoms with Gasteiger partial charge < -0.3 is 15.5 Å². The van der Waals surface area contributed by atoms with E-state index in [1.807, 2.05) is 18.2 Å². The minimum Gasteiger partial charge on any atom is -0.406 e. The fourth-order valence-electron chi connectivity index (χ4n) is 2.90. The molecule has 23 heavy (non-hydrogen) atoms. The lowest BCUT2D eigenvalue weighted by Gasteiger charge is -2.31. The van der Waals surface area contributed by atoms with Crippen LogP contribution < -0.4 is 11.1 Å². The number of carbonyl (C=O) groups is 1. The van der Waals surface area contributed by atoms with E-state index in [9.17, 15) is 4.79 Å². The first-order valence-corrected chi connectivity index (χ1v) is 7.82. The third-order valence-corrected chi connectivity index (χ3v) is 4.02. The Kier molecular flexibility index (Phi) is 4.87. The second-order valence-electron chi connectivity index (χ2n) is 5.81. The van der Waals surface area contributed by atoms with Gasteiger partial charge in [-0.1, -0.05) is 35.4 Å². The van der Waals surface area contributed by atoms with Gasteiger partial charge in [-0.15, -0.1) is 5.10 Å². The summed E-state index contributed by atoms with van der Waals surface area (Å²) < 4.78 is 5.05. The highest BCUT2D eigenvalue weighted by molar-refractivity contribution is 5.78. The summed E-state index contributed by atoms with van der Waals surface area (Å²) in [6, 6.07) is 10.3. The molecule has 1 saturated heterocycles. The van der Waals surface area contributed by atoms with Gasteiger partial charge in [-0.05, 0) is 24.9 Å². The van der Waals surface area contributed by atoms with E-state index in [1.54, 1.807) is 0 Å². The normalized spacial score (nSPS) is 18.7. The highest BCUT2D eigenvalue weighted by Crippen LogP contribution is 2.19. The lowest BCUT2D eigenvalue weighted by Crippen LogP contribution is -2.42. The molecule has 2 heterocycles. The van der Waals surface area contributed by atoms with Crippen molar-refractivity contribution in [1.82, 2.24) is 20.4 Å². The van der Waals surface area contributed by atoms with Gasteiger partial charge in [-0.2, -0.15) is 0 Å². The van der Waals surface area contributed by atoms with Gasteiger partial charge >= 0.3 is 6.01 Å². The maximum absolute atomic E-state index is 12.3. The summed E-state index contributed by atoms with van der Waals surface area (Å²) in [7, 11) is 0. The number of anilines is 1. The topological polar surface area (TPSA) is 97.3 Å². The van der Waals surface area contributed by atoms with Crippen LogP contribution in [-0.2, 0) is 17.9 Å². The van der Waals surface area contributed by atoms with Gasteiger partial charge in [0.25, 0.3) is 0 Å². The van der Waals surface area contributed by atoms with E-state index in [0.29, 0.717) is 5.89 Å². The number of hydrogen-bond donors (Lipinski definition) is 2. The maximum atomic E-state index is 12.3. The second kappa shape index (κ2) is 7.23. The fourth-order valence-corrected chi connectivity index (χ4v) is 2.90. The molecule has 0 aliphatic carbocycles. The molecule has 3 N–H and O–H groups in total. The number of nitrogens with zero attached hydrogens (tertiary/aromatic N) is 3. The number of nitrogen functional groups attached to an aromatic ring is 1. The number of benzene rings is 1. The van der Waals surface area contributed by atoms with Crippen molar-refractivity contribution >= 4 is 11.9 Å². The van der Waals surface area contributed by atoms with Crippen molar-refractivity contribution in [3.8, 4) is 0 Å². The number of likely N-dealkylation sites (tertiary alicyclic amines) is 1. The Morgan fingerprint density at radius 3 is 2.91 bits per heavy atom. The Balaban J connectivity index is 1.50. The van der Waals surface area contributed by atoms with Crippen LogP contribution in [0.3, 0.4) is 0 Å². The number of amides is 1. The van der Waals surface area contributed by atoms with Crippen LogP contribution in [0.1, 0.15) is 24.3 Å². The molecule has 122 valence electrons. The number of nitrogens with two attached hydrogens (primary N) is 1. The van der Waals surface area contributed by atoms with Gasteiger partial charge in [0.05, 0.1) is 12.5 Å². The summed E-state index contributed by atoms with van der Waals surface area (Å²) in [6.07, 6.45) is 1.93. The molecule has 1 atom stereocenters. The molecule has 1 fully saturated rings. The Hall–Kier alpha value is -2.41. The van der Waals surface area contributed by atoms with Crippen LogP contribution in [-0.4, -0.2) is 34.1 Å². The minimum absolute atomic E-state index is 0.00673. The molecule has 7 heteroatoms. The first-order chi connectivity index (χ1) is 11.2. The zero-order chi connectivity index (χ0) is 16.1. The van der Waals surface area contributed by atoms with Crippen molar-refractivity contribution in [3.05, 3.63) is 41.8 Å². The molecule has 0 radical (unpaired) electrons. The third-order valence-electron chi connectivity index (χ3n) is 4.02. The third kappa shape index (κ3) is 4.29. The van der Waals surface area contributed by atoms with Gasteiger partial charge in [0.2, 0.25) is 11.8 Å². The average molecular weight is 315 g/mol. The largest absolute Gasteiger partial charge is 0.406 e. The Bertz CT molecular complexity index is 643. The number of hydrogen-bond acceptors (Lipinski definition) is 6. The van der Waals surface area contributed by atoms with Gasteiger partial charge in [0.1, 0.15) is 0 Å². The summed E-state index contributed by atoms with van der Waals surface area (Å²) in [5.41, 5.74) is 6.63. The average Bonchev–Trinajstić information content (AvgIpc) is 2.99. The molecule has 0 spiro atoms. The molecular weight excluding hydrogens is 294 g/mol. The summed E-state index contributed by atoms with van der Waals surface area (Å²) in [6.45, 7) is 2.90. The summed E-state index contributed by atoms with van der Waals surface area (Å²) >= 11 is 0. The van der Waals surface area contributed by atoms with E-state index in [0.717, 1.165) is 32.5 Å². The van der Waals surface area contributed by atoms with E-state index in [4.69, 9.17) is 10.2 Å². The van der Waals surface area contributed by atoms with E-state index in [-0.39, 0.29) is 24.4 Å². The maximum Gasteiger partial charge on any atom is 0.312 e. The number of carbonyl (C=O) groups excluding carboxylic acids is 1. The highest BCUT2D eigenvalue weighted by Gasteiger charge is 2.25. The molecular formula is C16H21N5O2. The van der Waals surface area contributed by atoms with Crippen LogP contribution >= 0.6 is 0 Å². The van der Waals surface area contributed by atoms with Crippen molar-refractivity contribution in [3.63, 3.8) is 0 Å². The number of aromatic nitrogens is 2. The van der Waals surface area contributed by atoms with Gasteiger partial charge in [0.15, 0.2) is 0 Å². The molecule has 7 nitrogen and oxygen atoms in total. The van der Waals surface area contributed by atoms with Gasteiger partial charge in [0, 0.05) is 13.1 Å². The number of piperidine rings is 1. The minimum atomic E-state index is -0.00673. The molecule has 3 rings (SSSR count). The first-order valence-electron chi connectivity index (χ1n) is 7.82. The Morgan fingerprint density at radius 1 is 1.35 bits per heavy atom. The van der Waals surface area contributed by atoms with E-state index in [2.05, 4.69) is 32.5 Å². The van der Waals surface area contributed by atoms with Crippen molar-refractivity contribution in [1.29, 1.82) is 0 Å². The van der Waals surface area contributed by atoms with Crippen LogP contribution in [0.2, 0.25) is 0 Å². The van der Waals surface area contributed by atoms with Crippen LogP contribution in [0, 0.1) is 5.92 Å². The predicted molar refractivity (Wildman–Crippen MR) is 85.0 cm³/mol. The number of nitrogens with one attached hydrogen (secondary N) is 1. The standard InChI is InChI=1S/C16H21N5O2/c17-16-20-19-14(23-16)9-18-15(22)13-7-4-8-21(11-13)10-12-5-2-1-3-6-12/h1-3,5-6,13H,4,7-11H2,(H2,17,20)(H,18,22). The summed E-state index contributed by atoms with van der Waals surface area (Å²) in [5.74, 6) is 0.347. The molecule has 1 amide bonds. The van der Waals surface area contributed by atoms with Crippen molar-refractivity contribution in [2.24, 2.45) is 5.92 Å². The summed E-state index contributed by atoms with van der Waals surface area (Å²) in [5, 5.41) is 10.2. The first kappa shape index (κ1) is 15.5. The molecule has 1 aromatic heterocycles. The molecule has 1 unspecified atom stereocenters. The fraction of sp³-hybridized carbons (Fsp3) is 0.438. The van der Waals surface area contributed by atoms with E-state index in [1.165, 1.54) is 5.56 Å². The SMILES string of the molecule is Nc1nnc(CNC(=O)C2CCCN(Cc3ccccc3)C2)o1. The van der Waals surface area contributed by atoms with Gasteiger partial charge in [-0.3, -0.25) is 9.69 Å². The van der Waals surface area contributed by atoms with Crippen LogP contribution in [0.25, 0.3) is 0 Å². The molecule has 1 aliphatic rings. The van der Waals surface area contributed by atoms with Crippen LogP contribution in [0.4, 0.5) is 6.01 Å². The zero-order valence-electron chi connectivity index (χ0n) is 12.9. The molecule has 2 aromatic rings. The van der Waals surface area contributed by atoms with E-state index < -0.39 is 0 Å². The van der Waals surface area contributed by atoms with Gasteiger partial charge in [-0.25, -0.2) is 0 Å². The van der Waals surface area contributed by atoms with E-state index >= 15 is 0 Å². The number of rotatable bonds is 5.